The van der Waals surface area contributed by atoms with Crippen LogP contribution >= 0.6 is 0 Å². The number of likely N-dealkylation sites (tertiary alicyclic amines) is 1. The topological polar surface area (TPSA) is 62.2 Å². The van der Waals surface area contributed by atoms with Crippen molar-refractivity contribution in [3.05, 3.63) is 48.0 Å². The summed E-state index contributed by atoms with van der Waals surface area (Å²) in [5.74, 6) is 1.77. The highest BCUT2D eigenvalue weighted by Crippen LogP contribution is 2.32. The van der Waals surface area contributed by atoms with E-state index in [1.807, 2.05) is 35.2 Å². The number of ether oxygens (including phenoxy) is 2. The maximum atomic E-state index is 13.6. The Morgan fingerprint density at radius 2 is 1.76 bits per heavy atom. The van der Waals surface area contributed by atoms with E-state index < -0.39 is 0 Å². The number of benzene rings is 2. The summed E-state index contributed by atoms with van der Waals surface area (Å²) >= 11 is 0. The second-order valence-electron chi connectivity index (χ2n) is 9.15. The number of anilines is 1. The van der Waals surface area contributed by atoms with E-state index in [-0.39, 0.29) is 17.6 Å². The van der Waals surface area contributed by atoms with E-state index in [0.717, 1.165) is 49.2 Å². The van der Waals surface area contributed by atoms with Crippen LogP contribution in [0, 0.1) is 5.92 Å². The van der Waals surface area contributed by atoms with Crippen LogP contribution in [0.15, 0.2) is 42.5 Å². The molecule has 6 heteroatoms. The van der Waals surface area contributed by atoms with Gasteiger partial charge in [0.15, 0.2) is 0 Å². The van der Waals surface area contributed by atoms with Crippen molar-refractivity contribution in [2.75, 3.05) is 38.3 Å². The molecule has 1 amide bonds. The summed E-state index contributed by atoms with van der Waals surface area (Å²) in [6, 6.07) is 12.9. The van der Waals surface area contributed by atoms with Crippen molar-refractivity contribution >= 4 is 11.6 Å². The van der Waals surface area contributed by atoms with Gasteiger partial charge in [-0.05, 0) is 75.2 Å². The van der Waals surface area contributed by atoms with Crippen LogP contribution in [0.4, 0.5) is 5.69 Å². The van der Waals surface area contributed by atoms with Crippen LogP contribution in [0.5, 0.6) is 17.2 Å². The van der Waals surface area contributed by atoms with Crippen molar-refractivity contribution in [2.45, 2.75) is 51.5 Å². The van der Waals surface area contributed by atoms with Gasteiger partial charge in [0.25, 0.3) is 0 Å². The molecule has 1 saturated carbocycles. The number of carbonyl (C=O) groups excluding carboxylic acids is 1. The quantitative estimate of drug-likeness (QED) is 0.581. The molecule has 0 bridgehead atoms. The third-order valence-electron chi connectivity index (χ3n) is 6.84. The third kappa shape index (κ3) is 6.20. The van der Waals surface area contributed by atoms with Gasteiger partial charge in [-0.3, -0.25) is 9.69 Å². The van der Waals surface area contributed by atoms with E-state index in [0.29, 0.717) is 18.9 Å². The molecular formula is C27H36N2O4. The highest BCUT2D eigenvalue weighted by atomic mass is 16.5. The first-order chi connectivity index (χ1) is 16.1. The molecule has 2 fully saturated rings. The van der Waals surface area contributed by atoms with Gasteiger partial charge in [-0.25, -0.2) is 0 Å². The summed E-state index contributed by atoms with van der Waals surface area (Å²) in [6.45, 7) is 4.36. The monoisotopic (exact) mass is 452 g/mol. The molecule has 2 aromatic carbocycles. The van der Waals surface area contributed by atoms with Gasteiger partial charge in [0.05, 0.1) is 13.7 Å². The molecule has 33 heavy (non-hydrogen) atoms. The van der Waals surface area contributed by atoms with Gasteiger partial charge in [-0.15, -0.1) is 0 Å². The predicted molar refractivity (Wildman–Crippen MR) is 130 cm³/mol. The molecule has 178 valence electrons. The molecule has 0 atom stereocenters. The van der Waals surface area contributed by atoms with E-state index in [1.54, 1.807) is 19.2 Å². The molecule has 1 heterocycles. The zero-order chi connectivity index (χ0) is 23.0. The van der Waals surface area contributed by atoms with Gasteiger partial charge in [0.1, 0.15) is 23.9 Å². The average molecular weight is 453 g/mol. The lowest BCUT2D eigenvalue weighted by molar-refractivity contribution is -0.123. The molecule has 1 aliphatic carbocycles. The van der Waals surface area contributed by atoms with Crippen molar-refractivity contribution in [3.63, 3.8) is 0 Å². The van der Waals surface area contributed by atoms with Crippen LogP contribution in [0.25, 0.3) is 0 Å². The van der Waals surface area contributed by atoms with Crippen molar-refractivity contribution in [1.29, 1.82) is 0 Å². The fraction of sp³-hybridized carbons (Fsp3) is 0.519. The van der Waals surface area contributed by atoms with E-state index in [4.69, 9.17) is 9.47 Å². The first-order valence-corrected chi connectivity index (χ1v) is 12.3. The molecule has 2 aromatic rings. The van der Waals surface area contributed by atoms with Gasteiger partial charge < -0.3 is 19.5 Å². The average Bonchev–Trinajstić information content (AvgIpc) is 3.37. The second kappa shape index (κ2) is 11.4. The maximum absolute atomic E-state index is 13.6. The molecule has 1 N–H and O–H groups in total. The van der Waals surface area contributed by atoms with Crippen molar-refractivity contribution in [1.82, 2.24) is 4.90 Å². The summed E-state index contributed by atoms with van der Waals surface area (Å²) in [5, 5.41) is 9.83. The SMILES string of the molecule is COc1cc(O)ccc1CN(C(=O)C1CCCCC1)c1ccc(OCCN2CCCC2)cc1. The lowest BCUT2D eigenvalue weighted by atomic mass is 9.88. The lowest BCUT2D eigenvalue weighted by Crippen LogP contribution is -2.36. The molecule has 0 spiro atoms. The van der Waals surface area contributed by atoms with Gasteiger partial charge in [-0.2, -0.15) is 0 Å². The highest BCUT2D eigenvalue weighted by molar-refractivity contribution is 5.95. The number of hydrogen-bond donors (Lipinski definition) is 1. The lowest BCUT2D eigenvalue weighted by Gasteiger charge is -2.30. The van der Waals surface area contributed by atoms with Gasteiger partial charge in [0.2, 0.25) is 5.91 Å². The minimum absolute atomic E-state index is 0.0539. The first kappa shape index (κ1) is 23.4. The van der Waals surface area contributed by atoms with Crippen LogP contribution in [-0.2, 0) is 11.3 Å². The fourth-order valence-electron chi connectivity index (χ4n) is 4.92. The number of aromatic hydroxyl groups is 1. The molecule has 1 saturated heterocycles. The number of carbonyl (C=O) groups is 1. The Balaban J connectivity index is 1.49. The molecule has 2 aliphatic rings. The number of phenols is 1. The Kier molecular flexibility index (Phi) is 8.10. The van der Waals surface area contributed by atoms with E-state index in [9.17, 15) is 9.90 Å². The highest BCUT2D eigenvalue weighted by Gasteiger charge is 2.28. The maximum Gasteiger partial charge on any atom is 0.230 e. The van der Waals surface area contributed by atoms with Crippen LogP contribution < -0.4 is 14.4 Å². The number of phenolic OH excluding ortho intramolecular Hbond substituents is 1. The van der Waals surface area contributed by atoms with E-state index >= 15 is 0 Å². The Labute approximate surface area is 197 Å². The smallest absolute Gasteiger partial charge is 0.230 e. The fourth-order valence-corrected chi connectivity index (χ4v) is 4.92. The summed E-state index contributed by atoms with van der Waals surface area (Å²) in [7, 11) is 1.58. The zero-order valence-corrected chi connectivity index (χ0v) is 19.7. The number of hydrogen-bond acceptors (Lipinski definition) is 5. The minimum Gasteiger partial charge on any atom is -0.508 e. The summed E-state index contributed by atoms with van der Waals surface area (Å²) in [5.41, 5.74) is 1.72. The van der Waals surface area contributed by atoms with Crippen molar-refractivity contribution in [3.8, 4) is 17.2 Å². The number of methoxy groups -OCH3 is 1. The Hall–Kier alpha value is -2.73. The van der Waals surface area contributed by atoms with Crippen molar-refractivity contribution in [2.24, 2.45) is 5.92 Å². The van der Waals surface area contributed by atoms with Gasteiger partial charge in [-0.1, -0.05) is 19.3 Å². The third-order valence-corrected chi connectivity index (χ3v) is 6.84. The first-order valence-electron chi connectivity index (χ1n) is 12.3. The molecule has 1 aliphatic heterocycles. The summed E-state index contributed by atoms with van der Waals surface area (Å²) in [6.07, 6.45) is 7.88. The predicted octanol–water partition coefficient (Wildman–Crippen LogP) is 4.99. The molecular weight excluding hydrogens is 416 g/mol. The van der Waals surface area contributed by atoms with E-state index in [2.05, 4.69) is 4.90 Å². The Bertz CT molecular complexity index is 903. The van der Waals surface area contributed by atoms with Crippen molar-refractivity contribution < 1.29 is 19.4 Å². The molecule has 6 nitrogen and oxygen atoms in total. The number of amides is 1. The largest absolute Gasteiger partial charge is 0.508 e. The molecule has 0 aromatic heterocycles. The summed E-state index contributed by atoms with van der Waals surface area (Å²) in [4.78, 5) is 17.9. The van der Waals surface area contributed by atoms with Crippen LogP contribution in [-0.4, -0.2) is 49.3 Å². The molecule has 4 rings (SSSR count). The van der Waals surface area contributed by atoms with Crippen LogP contribution in [0.1, 0.15) is 50.5 Å². The minimum atomic E-state index is 0.0539. The molecule has 0 unspecified atom stereocenters. The Morgan fingerprint density at radius 3 is 2.45 bits per heavy atom. The van der Waals surface area contributed by atoms with E-state index in [1.165, 1.54) is 32.4 Å². The van der Waals surface area contributed by atoms with Crippen LogP contribution in [0.3, 0.4) is 0 Å². The summed E-state index contributed by atoms with van der Waals surface area (Å²) < 4.78 is 11.4. The zero-order valence-electron chi connectivity index (χ0n) is 19.7. The Morgan fingerprint density at radius 1 is 1.03 bits per heavy atom. The molecule has 0 radical (unpaired) electrons. The second-order valence-corrected chi connectivity index (χ2v) is 9.15. The van der Waals surface area contributed by atoms with Gasteiger partial charge >= 0.3 is 0 Å². The van der Waals surface area contributed by atoms with Gasteiger partial charge in [0, 0.05) is 29.8 Å². The van der Waals surface area contributed by atoms with Crippen LogP contribution in [0.2, 0.25) is 0 Å². The number of nitrogens with zero attached hydrogens (tertiary/aromatic N) is 2. The normalized spacial score (nSPS) is 17.1. The number of rotatable bonds is 9. The standard InChI is InChI=1S/C27H36N2O4/c1-32-26-19-24(30)12-9-22(26)20-29(27(31)21-7-3-2-4-8-21)23-10-13-25(14-11-23)33-18-17-28-15-5-6-16-28/h9-14,19,21,30H,2-8,15-18,20H2,1H3.